The molecule has 2 aliphatic heterocycles. The molecule has 6 rings (SSSR count). The summed E-state index contributed by atoms with van der Waals surface area (Å²) >= 11 is 0. The Morgan fingerprint density at radius 3 is 2.40 bits per heavy atom. The number of amides is 2. The normalized spacial score (nSPS) is 26.2. The smallest absolute Gasteiger partial charge is 0.320 e. The van der Waals surface area contributed by atoms with Crippen LogP contribution in [-0.2, 0) is 17.3 Å². The monoisotopic (exact) mass is 560 g/mol. The average Bonchev–Trinajstić information content (AvgIpc) is 3.46. The van der Waals surface area contributed by atoms with Gasteiger partial charge >= 0.3 is 6.03 Å². The number of carbonyl (C=O) groups excluding carboxylic acids is 1. The maximum atomic E-state index is 14.0. The quantitative estimate of drug-likeness (QED) is 0.523. The molecule has 1 N–H and O–H groups in total. The van der Waals surface area contributed by atoms with Gasteiger partial charge in [0.05, 0.1) is 30.2 Å². The summed E-state index contributed by atoms with van der Waals surface area (Å²) < 4.78 is 14.0. The zero-order valence-corrected chi connectivity index (χ0v) is 23.5. The summed E-state index contributed by atoms with van der Waals surface area (Å²) in [5.41, 5.74) is 0.682. The molecule has 2 saturated heterocycles. The summed E-state index contributed by atoms with van der Waals surface area (Å²) in [6.07, 6.45) is 5.52. The number of likely N-dealkylation sites (tertiary alicyclic amines) is 1. The molecule has 2 amide bonds. The Labute approximate surface area is 237 Å². The second-order valence-electron chi connectivity index (χ2n) is 11.5. The maximum absolute atomic E-state index is 14.0. The van der Waals surface area contributed by atoms with E-state index in [-0.39, 0.29) is 24.2 Å². The molecule has 9 heteroatoms. The second kappa shape index (κ2) is 10.9. The zero-order chi connectivity index (χ0) is 27.7. The molecular formula is C31H36N4O4S. The van der Waals surface area contributed by atoms with Gasteiger partial charge in [0.15, 0.2) is 0 Å². The van der Waals surface area contributed by atoms with Gasteiger partial charge in [0, 0.05) is 59.0 Å². The van der Waals surface area contributed by atoms with Crippen molar-refractivity contribution in [2.75, 3.05) is 31.1 Å². The van der Waals surface area contributed by atoms with E-state index in [2.05, 4.69) is 4.98 Å². The predicted octanol–water partition coefficient (Wildman–Crippen LogP) is 3.83. The van der Waals surface area contributed by atoms with Gasteiger partial charge in [0.1, 0.15) is 0 Å². The van der Waals surface area contributed by atoms with Crippen molar-refractivity contribution in [1.82, 2.24) is 19.4 Å². The molecule has 8 nitrogen and oxygen atoms in total. The van der Waals surface area contributed by atoms with Crippen molar-refractivity contribution in [1.29, 1.82) is 0 Å². The summed E-state index contributed by atoms with van der Waals surface area (Å²) in [6, 6.07) is 20.7. The van der Waals surface area contributed by atoms with Crippen LogP contribution in [0.5, 0.6) is 0 Å². The van der Waals surface area contributed by atoms with Crippen molar-refractivity contribution in [3.05, 3.63) is 89.0 Å². The first-order valence-electron chi connectivity index (χ1n) is 14.2. The lowest BCUT2D eigenvalue weighted by molar-refractivity contribution is -0.136. The van der Waals surface area contributed by atoms with Gasteiger partial charge in [0.25, 0.3) is 5.56 Å². The molecule has 1 aliphatic carbocycles. The minimum absolute atomic E-state index is 0.0510. The maximum Gasteiger partial charge on any atom is 0.320 e. The van der Waals surface area contributed by atoms with Gasteiger partial charge < -0.3 is 14.9 Å². The first-order valence-corrected chi connectivity index (χ1v) is 15.7. The van der Waals surface area contributed by atoms with Gasteiger partial charge in [-0.25, -0.2) is 9.78 Å². The minimum Gasteiger partial charge on any atom is -0.387 e. The number of piperidine rings is 1. The van der Waals surface area contributed by atoms with Crippen LogP contribution < -0.4 is 5.56 Å². The highest BCUT2D eigenvalue weighted by atomic mass is 32.2. The van der Waals surface area contributed by atoms with E-state index >= 15 is 0 Å². The Morgan fingerprint density at radius 2 is 1.70 bits per heavy atom. The van der Waals surface area contributed by atoms with Crippen LogP contribution in [0, 0.1) is 5.41 Å². The van der Waals surface area contributed by atoms with Crippen LogP contribution in [0.25, 0.3) is 11.3 Å². The molecule has 3 heterocycles. The molecule has 3 aliphatic rings. The van der Waals surface area contributed by atoms with E-state index in [1.165, 1.54) is 10.6 Å². The van der Waals surface area contributed by atoms with E-state index in [0.29, 0.717) is 43.3 Å². The highest BCUT2D eigenvalue weighted by molar-refractivity contribution is 7.85. The lowest BCUT2D eigenvalue weighted by atomic mass is 9.66. The van der Waals surface area contributed by atoms with Crippen molar-refractivity contribution in [2.45, 2.75) is 50.3 Å². The second-order valence-corrected chi connectivity index (χ2v) is 13.1. The average molecular weight is 561 g/mol. The summed E-state index contributed by atoms with van der Waals surface area (Å²) in [4.78, 5) is 35.4. The molecule has 2 unspecified atom stereocenters. The molecule has 2 aromatic carbocycles. The van der Waals surface area contributed by atoms with E-state index in [1.54, 1.807) is 6.33 Å². The molecule has 1 saturated carbocycles. The van der Waals surface area contributed by atoms with E-state index < -0.39 is 21.8 Å². The Morgan fingerprint density at radius 1 is 1.00 bits per heavy atom. The van der Waals surface area contributed by atoms with Crippen LogP contribution in [0.2, 0.25) is 0 Å². The van der Waals surface area contributed by atoms with Gasteiger partial charge in [-0.05, 0) is 24.8 Å². The SMILES string of the molecule is O=C(N1CC[C@@](O)(Cn2cnc(-c3ccccc3)cc2=O)C2(CCCC2)C1)N1CCS(=O)CC1c1ccccc1. The molecule has 1 spiro atoms. The Balaban J connectivity index is 1.23. The number of benzene rings is 2. The number of hydrogen-bond donors (Lipinski definition) is 1. The molecular weight excluding hydrogens is 524 g/mol. The first-order chi connectivity index (χ1) is 19.4. The zero-order valence-electron chi connectivity index (χ0n) is 22.7. The molecule has 40 heavy (non-hydrogen) atoms. The standard InChI is InChI=1S/C31H36N4O4S/c36-28-19-26(24-9-3-1-4-10-24)32-23-34(28)22-31(38)15-16-33(21-30(31)13-7-8-14-30)29(37)35-17-18-40(39)20-27(35)25-11-5-2-6-12-25/h1-6,9-12,19,23,27,38H,7-8,13-18,20-22H2/t27?,31-,40?/m1/s1. The number of nitrogens with zero attached hydrogens (tertiary/aromatic N) is 4. The molecule has 210 valence electrons. The Kier molecular flexibility index (Phi) is 7.35. The number of aliphatic hydroxyl groups is 1. The van der Waals surface area contributed by atoms with Crippen molar-refractivity contribution in [2.24, 2.45) is 5.41 Å². The Bertz CT molecular complexity index is 1440. The van der Waals surface area contributed by atoms with Gasteiger partial charge in [-0.1, -0.05) is 73.5 Å². The van der Waals surface area contributed by atoms with Crippen molar-refractivity contribution >= 4 is 16.8 Å². The fourth-order valence-corrected chi connectivity index (χ4v) is 8.21. The van der Waals surface area contributed by atoms with Crippen LogP contribution in [0.4, 0.5) is 4.79 Å². The van der Waals surface area contributed by atoms with Crippen LogP contribution in [0.15, 0.2) is 77.9 Å². The number of rotatable bonds is 4. The minimum atomic E-state index is -1.12. The number of urea groups is 1. The predicted molar refractivity (Wildman–Crippen MR) is 155 cm³/mol. The summed E-state index contributed by atoms with van der Waals surface area (Å²) in [6.45, 7) is 1.47. The van der Waals surface area contributed by atoms with Crippen molar-refractivity contribution < 1.29 is 14.1 Å². The van der Waals surface area contributed by atoms with Gasteiger partial charge in [-0.3, -0.25) is 13.6 Å². The van der Waals surface area contributed by atoms with E-state index in [1.807, 2.05) is 70.5 Å². The highest BCUT2D eigenvalue weighted by Crippen LogP contribution is 2.52. The van der Waals surface area contributed by atoms with Crippen LogP contribution in [0.1, 0.15) is 43.7 Å². The topological polar surface area (TPSA) is 95.7 Å². The molecule has 0 radical (unpaired) electrons. The molecule has 1 aromatic heterocycles. The summed E-state index contributed by atoms with van der Waals surface area (Å²) in [5.74, 6) is 0.917. The summed E-state index contributed by atoms with van der Waals surface area (Å²) in [7, 11) is -0.964. The first kappa shape index (κ1) is 26.9. The lowest BCUT2D eigenvalue weighted by Crippen LogP contribution is -2.64. The molecule has 3 fully saturated rings. The van der Waals surface area contributed by atoms with Gasteiger partial charge in [-0.15, -0.1) is 0 Å². The Hall–Kier alpha value is -3.30. The third-order valence-corrected chi connectivity index (χ3v) is 10.5. The third-order valence-electron chi connectivity index (χ3n) is 9.20. The number of hydrogen-bond acceptors (Lipinski definition) is 5. The van der Waals surface area contributed by atoms with Crippen molar-refractivity contribution in [3.8, 4) is 11.3 Å². The number of aromatic nitrogens is 2. The van der Waals surface area contributed by atoms with Gasteiger partial charge in [-0.2, -0.15) is 0 Å². The fourth-order valence-electron chi connectivity index (χ4n) is 6.92. The third kappa shape index (κ3) is 5.01. The largest absolute Gasteiger partial charge is 0.387 e. The highest BCUT2D eigenvalue weighted by Gasteiger charge is 2.56. The van der Waals surface area contributed by atoms with Crippen LogP contribution in [0.3, 0.4) is 0 Å². The van der Waals surface area contributed by atoms with Crippen LogP contribution in [-0.4, -0.2) is 71.4 Å². The van der Waals surface area contributed by atoms with Crippen LogP contribution >= 0.6 is 0 Å². The molecule has 3 aromatic rings. The fraction of sp³-hybridized carbons (Fsp3) is 0.452. The van der Waals surface area contributed by atoms with E-state index in [9.17, 15) is 18.9 Å². The van der Waals surface area contributed by atoms with E-state index in [4.69, 9.17) is 0 Å². The number of carbonyl (C=O) groups is 1. The lowest BCUT2D eigenvalue weighted by Gasteiger charge is -2.53. The summed E-state index contributed by atoms with van der Waals surface area (Å²) in [5, 5.41) is 12.2. The van der Waals surface area contributed by atoms with Crippen molar-refractivity contribution in [3.63, 3.8) is 0 Å². The molecule has 3 atom stereocenters. The van der Waals surface area contributed by atoms with Gasteiger partial charge in [0.2, 0.25) is 0 Å². The molecule has 0 bridgehead atoms. The van der Waals surface area contributed by atoms with E-state index in [0.717, 1.165) is 36.8 Å².